The predicted molar refractivity (Wildman–Crippen MR) is 97.8 cm³/mol. The van der Waals surface area contributed by atoms with E-state index in [1.165, 1.54) is 0 Å². The quantitative estimate of drug-likeness (QED) is 0.897. The van der Waals surface area contributed by atoms with Gasteiger partial charge in [-0.15, -0.1) is 0 Å². The molecule has 5 rings (SSSR count). The lowest BCUT2D eigenvalue weighted by Crippen LogP contribution is -2.44. The van der Waals surface area contributed by atoms with Crippen molar-refractivity contribution < 1.29 is 9.18 Å². The van der Waals surface area contributed by atoms with Crippen LogP contribution in [-0.4, -0.2) is 48.8 Å². The highest BCUT2D eigenvalue weighted by Crippen LogP contribution is 2.43. The Labute approximate surface area is 156 Å². The fourth-order valence-corrected chi connectivity index (χ4v) is 4.19. The summed E-state index contributed by atoms with van der Waals surface area (Å²) >= 11 is 0. The van der Waals surface area contributed by atoms with Gasteiger partial charge >= 0.3 is 0 Å². The number of carbonyl (C=O) groups excluding carboxylic acids is 1. The van der Waals surface area contributed by atoms with Gasteiger partial charge in [0.15, 0.2) is 0 Å². The van der Waals surface area contributed by atoms with Crippen molar-refractivity contribution in [1.82, 2.24) is 24.6 Å². The Hall–Kier alpha value is -2.77. The van der Waals surface area contributed by atoms with Crippen molar-refractivity contribution in [3.8, 4) is 0 Å². The van der Waals surface area contributed by atoms with Crippen molar-refractivity contribution in [2.75, 3.05) is 5.32 Å². The molecule has 2 fully saturated rings. The first-order valence-corrected chi connectivity index (χ1v) is 9.34. The summed E-state index contributed by atoms with van der Waals surface area (Å²) in [4.78, 5) is 23.4. The van der Waals surface area contributed by atoms with E-state index in [1.54, 1.807) is 17.1 Å². The number of rotatable bonds is 4. The molecular weight excluding hydrogens is 347 g/mol. The summed E-state index contributed by atoms with van der Waals surface area (Å²) in [5.74, 6) is 0.106. The highest BCUT2D eigenvalue weighted by Gasteiger charge is 2.50. The van der Waals surface area contributed by atoms with E-state index < -0.39 is 12.1 Å². The van der Waals surface area contributed by atoms with E-state index in [9.17, 15) is 9.18 Å². The SMILES string of the molecule is Cn1cc(Nc2nccc(C3=CC4CCC(C3)N4C(=O)C3C[C@H]3F)n2)cn1. The number of aryl methyl sites for hydroxylation is 1. The summed E-state index contributed by atoms with van der Waals surface area (Å²) < 4.78 is 15.0. The molecule has 0 radical (unpaired) electrons. The molecule has 0 spiro atoms. The third kappa shape index (κ3) is 2.98. The Morgan fingerprint density at radius 3 is 2.93 bits per heavy atom. The van der Waals surface area contributed by atoms with Crippen molar-refractivity contribution >= 4 is 23.1 Å². The molecule has 1 saturated carbocycles. The molecule has 3 unspecified atom stereocenters. The first-order valence-electron chi connectivity index (χ1n) is 9.34. The average Bonchev–Trinajstić information content (AvgIpc) is 3.16. The van der Waals surface area contributed by atoms with E-state index in [4.69, 9.17) is 0 Å². The zero-order valence-corrected chi connectivity index (χ0v) is 15.0. The highest BCUT2D eigenvalue weighted by molar-refractivity contribution is 5.84. The summed E-state index contributed by atoms with van der Waals surface area (Å²) in [7, 11) is 1.85. The zero-order valence-electron chi connectivity index (χ0n) is 15.0. The number of amides is 1. The number of fused-ring (bicyclic) bond motifs is 2. The van der Waals surface area contributed by atoms with Crippen LogP contribution in [0.25, 0.3) is 5.57 Å². The molecule has 4 atom stereocenters. The maximum atomic E-state index is 13.3. The number of nitrogens with zero attached hydrogens (tertiary/aromatic N) is 5. The molecule has 2 aromatic rings. The lowest BCUT2D eigenvalue weighted by Gasteiger charge is -2.34. The van der Waals surface area contributed by atoms with Gasteiger partial charge in [0.2, 0.25) is 11.9 Å². The van der Waals surface area contributed by atoms with Crippen LogP contribution in [-0.2, 0) is 11.8 Å². The van der Waals surface area contributed by atoms with Crippen LogP contribution in [0.4, 0.5) is 16.0 Å². The Kier molecular flexibility index (Phi) is 3.73. The van der Waals surface area contributed by atoms with E-state index in [0.29, 0.717) is 12.4 Å². The fourth-order valence-electron chi connectivity index (χ4n) is 4.19. The third-order valence-corrected chi connectivity index (χ3v) is 5.63. The molecule has 1 amide bonds. The van der Waals surface area contributed by atoms with E-state index in [1.807, 2.05) is 24.2 Å². The molecule has 4 heterocycles. The summed E-state index contributed by atoms with van der Waals surface area (Å²) in [6, 6.07) is 2.11. The van der Waals surface area contributed by atoms with Crippen LogP contribution < -0.4 is 5.32 Å². The Morgan fingerprint density at radius 2 is 2.22 bits per heavy atom. The number of halogens is 1. The number of anilines is 2. The summed E-state index contributed by atoms with van der Waals surface area (Å²) in [5, 5.41) is 7.28. The number of hydrogen-bond donors (Lipinski definition) is 1. The number of alkyl halides is 1. The molecule has 2 aromatic heterocycles. The highest BCUT2D eigenvalue weighted by atomic mass is 19.1. The van der Waals surface area contributed by atoms with Crippen molar-refractivity contribution in [2.45, 2.75) is 43.9 Å². The molecule has 3 aliphatic rings. The van der Waals surface area contributed by atoms with E-state index in [-0.39, 0.29) is 18.0 Å². The molecule has 1 saturated heterocycles. The summed E-state index contributed by atoms with van der Waals surface area (Å²) in [6.45, 7) is 0. The molecular formula is C19H21FN6O. The number of carbonyl (C=O) groups is 1. The van der Waals surface area contributed by atoms with Gasteiger partial charge in [-0.05, 0) is 37.3 Å². The number of hydrogen-bond acceptors (Lipinski definition) is 5. The standard InChI is InChI=1S/C19H21FN6O/c1-25-10-12(9-22-25)23-19-21-5-4-17(24-19)11-6-13-2-3-14(7-11)26(13)18(27)15-8-16(15)20/h4-6,9-10,13-16H,2-3,7-8H2,1H3,(H,21,23,24)/t13?,14?,15?,16-/m1/s1. The third-order valence-electron chi connectivity index (χ3n) is 5.63. The van der Waals surface area contributed by atoms with Crippen LogP contribution in [0.1, 0.15) is 31.4 Å². The molecule has 140 valence electrons. The monoisotopic (exact) mass is 368 g/mol. The lowest BCUT2D eigenvalue weighted by molar-refractivity contribution is -0.135. The second-order valence-corrected chi connectivity index (χ2v) is 7.59. The molecule has 1 N–H and O–H groups in total. The molecule has 0 aromatic carbocycles. The zero-order chi connectivity index (χ0) is 18.5. The van der Waals surface area contributed by atoms with Gasteiger partial charge < -0.3 is 10.2 Å². The largest absolute Gasteiger partial charge is 0.333 e. The van der Waals surface area contributed by atoms with Gasteiger partial charge in [-0.1, -0.05) is 6.08 Å². The van der Waals surface area contributed by atoms with Crippen LogP contribution in [0.15, 0.2) is 30.7 Å². The van der Waals surface area contributed by atoms with Gasteiger partial charge in [-0.25, -0.2) is 14.4 Å². The smallest absolute Gasteiger partial charge is 0.229 e. The topological polar surface area (TPSA) is 75.9 Å². The van der Waals surface area contributed by atoms with Gasteiger partial charge in [0, 0.05) is 25.5 Å². The van der Waals surface area contributed by atoms with E-state index >= 15 is 0 Å². The summed E-state index contributed by atoms with van der Waals surface area (Å²) in [5.41, 5.74) is 2.83. The first kappa shape index (κ1) is 16.4. The minimum atomic E-state index is -0.940. The maximum absolute atomic E-state index is 13.3. The maximum Gasteiger partial charge on any atom is 0.229 e. The lowest BCUT2D eigenvalue weighted by atomic mass is 9.98. The van der Waals surface area contributed by atoms with Gasteiger partial charge in [-0.2, -0.15) is 5.10 Å². The van der Waals surface area contributed by atoms with Crippen molar-refractivity contribution in [3.05, 3.63) is 36.4 Å². The first-order chi connectivity index (χ1) is 13.1. The van der Waals surface area contributed by atoms with Crippen LogP contribution in [0, 0.1) is 5.92 Å². The second-order valence-electron chi connectivity index (χ2n) is 7.59. The molecule has 8 heteroatoms. The van der Waals surface area contributed by atoms with E-state index in [0.717, 1.165) is 36.2 Å². The van der Waals surface area contributed by atoms with Crippen LogP contribution >= 0.6 is 0 Å². The van der Waals surface area contributed by atoms with Gasteiger partial charge in [0.1, 0.15) is 6.17 Å². The van der Waals surface area contributed by atoms with Crippen molar-refractivity contribution in [3.63, 3.8) is 0 Å². The minimum Gasteiger partial charge on any atom is -0.333 e. The molecule has 7 nitrogen and oxygen atoms in total. The number of nitrogens with one attached hydrogen (secondary N) is 1. The van der Waals surface area contributed by atoms with Crippen LogP contribution in [0.2, 0.25) is 0 Å². The minimum absolute atomic E-state index is 0.00748. The Morgan fingerprint density at radius 1 is 1.37 bits per heavy atom. The van der Waals surface area contributed by atoms with Crippen molar-refractivity contribution in [1.29, 1.82) is 0 Å². The number of aromatic nitrogens is 4. The molecule has 2 bridgehead atoms. The van der Waals surface area contributed by atoms with Crippen LogP contribution in [0.5, 0.6) is 0 Å². The normalized spacial score (nSPS) is 28.8. The van der Waals surface area contributed by atoms with E-state index in [2.05, 4.69) is 26.5 Å². The van der Waals surface area contributed by atoms with Gasteiger partial charge in [0.25, 0.3) is 0 Å². The van der Waals surface area contributed by atoms with Crippen molar-refractivity contribution in [2.24, 2.45) is 13.0 Å². The van der Waals surface area contributed by atoms with Gasteiger partial charge in [-0.3, -0.25) is 9.48 Å². The average molecular weight is 368 g/mol. The molecule has 27 heavy (non-hydrogen) atoms. The second kappa shape index (κ2) is 6.14. The fraction of sp³-hybridized carbons (Fsp3) is 0.474. The Balaban J connectivity index is 1.36. The van der Waals surface area contributed by atoms with Crippen LogP contribution in [0.3, 0.4) is 0 Å². The Bertz CT molecular complexity index is 924. The summed E-state index contributed by atoms with van der Waals surface area (Å²) in [6.07, 6.45) is 9.56. The molecule has 2 aliphatic heterocycles. The van der Waals surface area contributed by atoms with Gasteiger partial charge in [0.05, 0.1) is 29.5 Å². The predicted octanol–water partition coefficient (Wildman–Crippen LogP) is 2.46. The molecule has 1 aliphatic carbocycles.